The molecule has 0 atom stereocenters. The number of halogens is 1. The lowest BCUT2D eigenvalue weighted by molar-refractivity contribution is -0.153. The van der Waals surface area contributed by atoms with Crippen molar-refractivity contribution in [3.8, 4) is 0 Å². The molecule has 0 saturated carbocycles. The summed E-state index contributed by atoms with van der Waals surface area (Å²) in [5.74, 6) is -1.31. The van der Waals surface area contributed by atoms with Crippen molar-refractivity contribution in [1.29, 1.82) is 0 Å². The topological polar surface area (TPSA) is 66.5 Å². The Kier molecular flexibility index (Phi) is 4.27. The van der Waals surface area contributed by atoms with Gasteiger partial charge in [0.2, 0.25) is 11.8 Å². The smallest absolute Gasteiger partial charge is 0.252 e. The van der Waals surface area contributed by atoms with E-state index in [0.29, 0.717) is 0 Å². The lowest BCUT2D eigenvalue weighted by Gasteiger charge is -2.39. The molecule has 1 aliphatic heterocycles. The maximum absolute atomic E-state index is 12.2. The Morgan fingerprint density at radius 3 is 2.52 bits per heavy atom. The highest BCUT2D eigenvalue weighted by molar-refractivity contribution is 9.10. The molecular weight excluding hydrogens is 336 g/mol. The van der Waals surface area contributed by atoms with Gasteiger partial charge in [0.1, 0.15) is 12.1 Å². The fraction of sp³-hybridized carbons (Fsp3) is 0.267. The molecule has 110 valence electrons. The summed E-state index contributed by atoms with van der Waals surface area (Å²) in [4.78, 5) is 36.7. The Labute approximate surface area is 131 Å². The minimum atomic E-state index is -1.05. The molecule has 3 amide bonds. The summed E-state index contributed by atoms with van der Waals surface area (Å²) in [6, 6.07) is 7.44. The van der Waals surface area contributed by atoms with Crippen LogP contribution in [0.1, 0.15) is 19.4 Å². The number of carbonyl (C=O) groups excluding carboxylic acids is 3. The summed E-state index contributed by atoms with van der Waals surface area (Å²) in [5, 5.41) is 2.23. The zero-order valence-electron chi connectivity index (χ0n) is 11.7. The molecule has 0 spiro atoms. The molecule has 1 N–H and O–H groups in total. The molecule has 6 heteroatoms. The summed E-state index contributed by atoms with van der Waals surface area (Å²) >= 11 is 3.33. The van der Waals surface area contributed by atoms with Crippen molar-refractivity contribution in [3.05, 3.63) is 40.4 Å². The second-order valence-corrected chi connectivity index (χ2v) is 6.16. The fourth-order valence-corrected chi connectivity index (χ4v) is 2.23. The molecule has 1 aromatic carbocycles. The van der Waals surface area contributed by atoms with Crippen molar-refractivity contribution in [2.45, 2.75) is 19.4 Å². The fourth-order valence-electron chi connectivity index (χ4n) is 1.97. The van der Waals surface area contributed by atoms with Gasteiger partial charge in [0.05, 0.1) is 0 Å². The first-order chi connectivity index (χ1) is 9.80. The van der Waals surface area contributed by atoms with Crippen molar-refractivity contribution in [1.82, 2.24) is 10.2 Å². The summed E-state index contributed by atoms with van der Waals surface area (Å²) in [5.41, 5.74) is -0.188. The van der Waals surface area contributed by atoms with E-state index in [4.69, 9.17) is 0 Å². The largest absolute Gasteiger partial charge is 0.316 e. The highest BCUT2D eigenvalue weighted by Crippen LogP contribution is 2.19. The second-order valence-electron chi connectivity index (χ2n) is 5.25. The van der Waals surface area contributed by atoms with Crippen LogP contribution in [0.5, 0.6) is 0 Å². The van der Waals surface area contributed by atoms with Crippen molar-refractivity contribution in [2.75, 3.05) is 6.54 Å². The molecule has 0 aliphatic carbocycles. The molecule has 1 aromatic rings. The number of carbonyl (C=O) groups is 3. The number of hydrogen-bond donors (Lipinski definition) is 1. The first-order valence-corrected chi connectivity index (χ1v) is 7.19. The predicted molar refractivity (Wildman–Crippen MR) is 82.1 cm³/mol. The number of hydrogen-bond acceptors (Lipinski definition) is 3. The van der Waals surface area contributed by atoms with E-state index in [1.54, 1.807) is 19.9 Å². The third-order valence-electron chi connectivity index (χ3n) is 3.34. The Bertz CT molecular complexity index is 620. The number of piperazine rings is 1. The zero-order chi connectivity index (χ0) is 15.6. The van der Waals surface area contributed by atoms with E-state index in [2.05, 4.69) is 21.2 Å². The van der Waals surface area contributed by atoms with Gasteiger partial charge in [0, 0.05) is 10.5 Å². The molecule has 21 heavy (non-hydrogen) atoms. The zero-order valence-corrected chi connectivity index (χ0v) is 13.3. The van der Waals surface area contributed by atoms with Crippen LogP contribution in [0.15, 0.2) is 34.8 Å². The maximum atomic E-state index is 12.2. The third-order valence-corrected chi connectivity index (χ3v) is 3.87. The maximum Gasteiger partial charge on any atom is 0.252 e. The Morgan fingerprint density at radius 1 is 1.29 bits per heavy atom. The molecule has 1 aliphatic rings. The standard InChI is InChI=1S/C15H15BrN2O3/c1-15(2)14(21)17-12(19)9-18(15)13(20)8-5-10-3-6-11(16)7-4-10/h3-8H,9H2,1-2H3,(H,17,19,21). The monoisotopic (exact) mass is 350 g/mol. The van der Waals surface area contributed by atoms with Crippen molar-refractivity contribution in [2.24, 2.45) is 0 Å². The molecule has 0 radical (unpaired) electrons. The average molecular weight is 351 g/mol. The van der Waals surface area contributed by atoms with Crippen LogP contribution in [0.3, 0.4) is 0 Å². The van der Waals surface area contributed by atoms with Crippen LogP contribution < -0.4 is 5.32 Å². The van der Waals surface area contributed by atoms with Gasteiger partial charge in [-0.05, 0) is 37.6 Å². The van der Waals surface area contributed by atoms with Gasteiger partial charge in [-0.2, -0.15) is 0 Å². The molecule has 0 aromatic heterocycles. The number of imide groups is 1. The summed E-state index contributed by atoms with van der Waals surface area (Å²) < 4.78 is 0.949. The van der Waals surface area contributed by atoms with Crippen LogP contribution in [0.2, 0.25) is 0 Å². The van der Waals surface area contributed by atoms with E-state index in [0.717, 1.165) is 10.0 Å². The van der Waals surface area contributed by atoms with E-state index in [1.165, 1.54) is 11.0 Å². The SMILES string of the molecule is CC1(C)C(=O)NC(=O)CN1C(=O)C=Cc1ccc(Br)cc1. The number of nitrogens with one attached hydrogen (secondary N) is 1. The van der Waals surface area contributed by atoms with E-state index in [1.807, 2.05) is 24.3 Å². The number of rotatable bonds is 2. The van der Waals surface area contributed by atoms with Crippen LogP contribution in [-0.4, -0.2) is 34.7 Å². The van der Waals surface area contributed by atoms with Crippen molar-refractivity contribution in [3.63, 3.8) is 0 Å². The van der Waals surface area contributed by atoms with Crippen LogP contribution in [0, 0.1) is 0 Å². The second kappa shape index (κ2) is 5.81. The molecule has 1 fully saturated rings. The minimum absolute atomic E-state index is 0.123. The van der Waals surface area contributed by atoms with Gasteiger partial charge in [-0.1, -0.05) is 28.1 Å². The first kappa shape index (κ1) is 15.4. The van der Waals surface area contributed by atoms with E-state index in [-0.39, 0.29) is 12.5 Å². The van der Waals surface area contributed by atoms with E-state index < -0.39 is 17.4 Å². The first-order valence-electron chi connectivity index (χ1n) is 6.40. The highest BCUT2D eigenvalue weighted by Gasteiger charge is 2.42. The molecular formula is C15H15BrN2O3. The summed E-state index contributed by atoms with van der Waals surface area (Å²) in [6.45, 7) is 3.10. The Balaban J connectivity index is 2.16. The van der Waals surface area contributed by atoms with Crippen LogP contribution in [0.4, 0.5) is 0 Å². The third kappa shape index (κ3) is 3.39. The van der Waals surface area contributed by atoms with Gasteiger partial charge >= 0.3 is 0 Å². The summed E-state index contributed by atoms with van der Waals surface area (Å²) in [7, 11) is 0. The highest BCUT2D eigenvalue weighted by atomic mass is 79.9. The molecule has 2 rings (SSSR count). The number of benzene rings is 1. The Hall–Kier alpha value is -1.95. The quantitative estimate of drug-likeness (QED) is 0.652. The molecule has 1 saturated heterocycles. The lowest BCUT2D eigenvalue weighted by atomic mass is 9.98. The summed E-state index contributed by atoms with van der Waals surface area (Å²) in [6.07, 6.45) is 3.03. The van der Waals surface area contributed by atoms with Crippen LogP contribution in [-0.2, 0) is 14.4 Å². The van der Waals surface area contributed by atoms with E-state index >= 15 is 0 Å². The van der Waals surface area contributed by atoms with Gasteiger partial charge < -0.3 is 4.90 Å². The van der Waals surface area contributed by atoms with Gasteiger partial charge in [-0.3, -0.25) is 19.7 Å². The van der Waals surface area contributed by atoms with E-state index in [9.17, 15) is 14.4 Å². The van der Waals surface area contributed by atoms with Crippen LogP contribution >= 0.6 is 15.9 Å². The Morgan fingerprint density at radius 2 is 1.90 bits per heavy atom. The molecule has 0 bridgehead atoms. The molecule has 0 unspecified atom stereocenters. The van der Waals surface area contributed by atoms with Gasteiger partial charge in [-0.25, -0.2) is 0 Å². The van der Waals surface area contributed by atoms with Crippen LogP contribution in [0.25, 0.3) is 6.08 Å². The van der Waals surface area contributed by atoms with Gasteiger partial charge in [0.15, 0.2) is 0 Å². The van der Waals surface area contributed by atoms with Crippen molar-refractivity contribution < 1.29 is 14.4 Å². The van der Waals surface area contributed by atoms with Crippen molar-refractivity contribution >= 4 is 39.7 Å². The number of nitrogens with zero attached hydrogens (tertiary/aromatic N) is 1. The van der Waals surface area contributed by atoms with Gasteiger partial charge in [0.25, 0.3) is 5.91 Å². The van der Waals surface area contributed by atoms with Gasteiger partial charge in [-0.15, -0.1) is 0 Å². The average Bonchev–Trinajstić information content (AvgIpc) is 2.42. The minimum Gasteiger partial charge on any atom is -0.316 e. The lowest BCUT2D eigenvalue weighted by Crippen LogP contribution is -2.65. The molecule has 1 heterocycles. The number of amides is 3. The predicted octanol–water partition coefficient (Wildman–Crippen LogP) is 1.73. The molecule has 5 nitrogen and oxygen atoms in total. The normalized spacial score (nSPS) is 18.0.